The van der Waals surface area contributed by atoms with Crippen molar-refractivity contribution >= 4 is 21.8 Å². The van der Waals surface area contributed by atoms with Crippen molar-refractivity contribution in [1.29, 1.82) is 0 Å². The number of benzene rings is 1. The average Bonchev–Trinajstić information content (AvgIpc) is 3.16. The first-order chi connectivity index (χ1) is 13.2. The Labute approximate surface area is 166 Å². The van der Waals surface area contributed by atoms with Crippen LogP contribution in [0.4, 0.5) is 0 Å². The first kappa shape index (κ1) is 20.8. The number of fused-ring (bicyclic) bond motifs is 1. The first-order valence-corrected chi connectivity index (χ1v) is 11.0. The second kappa shape index (κ2) is 8.18. The Kier molecular flexibility index (Phi) is 6.07. The molecule has 2 aliphatic heterocycles. The van der Waals surface area contributed by atoms with E-state index >= 15 is 0 Å². The number of nitrogens with zero attached hydrogens (tertiary/aromatic N) is 3. The van der Waals surface area contributed by atoms with Gasteiger partial charge in [-0.15, -0.1) is 0 Å². The minimum absolute atomic E-state index is 0.0264. The summed E-state index contributed by atoms with van der Waals surface area (Å²) in [7, 11) is 0.368. The van der Waals surface area contributed by atoms with Crippen molar-refractivity contribution in [3.05, 3.63) is 29.3 Å². The van der Waals surface area contributed by atoms with Gasteiger partial charge in [0.1, 0.15) is 0 Å². The van der Waals surface area contributed by atoms with Crippen LogP contribution in [0.15, 0.2) is 23.1 Å². The highest BCUT2D eigenvalue weighted by Gasteiger charge is 2.34. The van der Waals surface area contributed by atoms with Crippen LogP contribution in [0.3, 0.4) is 0 Å². The Morgan fingerprint density at radius 3 is 2.57 bits per heavy atom. The molecule has 1 fully saturated rings. The van der Waals surface area contributed by atoms with Crippen molar-refractivity contribution in [3.63, 3.8) is 0 Å². The van der Waals surface area contributed by atoms with Crippen molar-refractivity contribution in [1.82, 2.24) is 14.1 Å². The number of hydrogen-bond acceptors (Lipinski definition) is 5. The number of likely N-dealkylation sites (N-methyl/N-ethyl adjacent to an activating group) is 1. The van der Waals surface area contributed by atoms with Crippen molar-refractivity contribution in [2.75, 3.05) is 33.7 Å². The van der Waals surface area contributed by atoms with Gasteiger partial charge in [-0.3, -0.25) is 9.59 Å². The molecule has 0 unspecified atom stereocenters. The molecular formula is C19H28N4O4S. The lowest BCUT2D eigenvalue weighted by Gasteiger charge is -2.29. The largest absolute Gasteiger partial charge is 0.370 e. The van der Waals surface area contributed by atoms with Gasteiger partial charge in [-0.1, -0.05) is 6.07 Å². The van der Waals surface area contributed by atoms with Crippen LogP contribution in [0.25, 0.3) is 0 Å². The maximum atomic E-state index is 13.1. The molecule has 1 atom stereocenters. The number of hydrogen-bond donors (Lipinski definition) is 1. The van der Waals surface area contributed by atoms with E-state index in [1.165, 1.54) is 4.31 Å². The van der Waals surface area contributed by atoms with Crippen molar-refractivity contribution < 1.29 is 18.0 Å². The summed E-state index contributed by atoms with van der Waals surface area (Å²) in [6, 6.07) is 5.45. The molecule has 0 aromatic heterocycles. The van der Waals surface area contributed by atoms with Crippen LogP contribution >= 0.6 is 0 Å². The van der Waals surface area contributed by atoms with E-state index in [4.69, 9.17) is 5.73 Å². The zero-order valence-electron chi connectivity index (χ0n) is 16.4. The molecule has 154 valence electrons. The molecule has 2 N–H and O–H groups in total. The quantitative estimate of drug-likeness (QED) is 0.722. The van der Waals surface area contributed by atoms with Gasteiger partial charge in [-0.05, 0) is 50.2 Å². The van der Waals surface area contributed by atoms with Gasteiger partial charge >= 0.3 is 0 Å². The summed E-state index contributed by atoms with van der Waals surface area (Å²) in [5.74, 6) is -0.633. The summed E-state index contributed by atoms with van der Waals surface area (Å²) in [6.07, 6.45) is 1.60. The summed E-state index contributed by atoms with van der Waals surface area (Å²) >= 11 is 0. The summed E-state index contributed by atoms with van der Waals surface area (Å²) in [6.45, 7) is 1.92. The van der Waals surface area contributed by atoms with Gasteiger partial charge in [0.25, 0.3) is 0 Å². The number of sulfonamides is 1. The standard InChI is InChI=1S/C19H28N4O4S/c1-21(2)16-8-10-23(13-16)28(26,27)17-4-3-14-7-9-22(12-15(14)11-17)19(25)6-5-18(20)24/h3-4,11,16H,5-10,12-13H2,1-2H3,(H2,20,24)/t16-/m1/s1. The number of nitrogens with two attached hydrogens (primary N) is 1. The van der Waals surface area contributed by atoms with Crippen molar-refractivity contribution in [2.45, 2.75) is 43.2 Å². The number of carbonyl (C=O) groups is 2. The predicted molar refractivity (Wildman–Crippen MR) is 105 cm³/mol. The minimum atomic E-state index is -3.56. The number of carbonyl (C=O) groups excluding carboxylic acids is 2. The van der Waals surface area contributed by atoms with Gasteiger partial charge in [0, 0.05) is 45.1 Å². The number of primary amides is 1. The van der Waals surface area contributed by atoms with Gasteiger partial charge < -0.3 is 15.5 Å². The van der Waals surface area contributed by atoms with Crippen LogP contribution in [-0.4, -0.2) is 74.1 Å². The third-order valence-corrected chi connectivity index (χ3v) is 7.48. The zero-order chi connectivity index (χ0) is 20.5. The highest BCUT2D eigenvalue weighted by atomic mass is 32.2. The lowest BCUT2D eigenvalue weighted by molar-refractivity contribution is -0.133. The molecule has 0 radical (unpaired) electrons. The van der Waals surface area contributed by atoms with E-state index in [1.807, 2.05) is 20.2 Å². The second-order valence-corrected chi connectivity index (χ2v) is 9.67. The van der Waals surface area contributed by atoms with Gasteiger partial charge in [0.05, 0.1) is 4.90 Å². The Morgan fingerprint density at radius 1 is 1.18 bits per heavy atom. The van der Waals surface area contributed by atoms with Gasteiger partial charge in [-0.2, -0.15) is 4.31 Å². The molecule has 3 rings (SSSR count). The SMILES string of the molecule is CN(C)[C@@H]1CCN(S(=O)(=O)c2ccc3c(c2)CN(C(=O)CCC(N)=O)CC3)C1. The Bertz CT molecular complexity index is 869. The number of rotatable bonds is 6. The molecule has 28 heavy (non-hydrogen) atoms. The fourth-order valence-electron chi connectivity index (χ4n) is 3.79. The van der Waals surface area contributed by atoms with Crippen LogP contribution in [0.2, 0.25) is 0 Å². The molecular weight excluding hydrogens is 380 g/mol. The smallest absolute Gasteiger partial charge is 0.243 e. The highest BCUT2D eigenvalue weighted by Crippen LogP contribution is 2.27. The maximum Gasteiger partial charge on any atom is 0.243 e. The third-order valence-electron chi connectivity index (χ3n) is 5.62. The molecule has 2 aliphatic rings. The predicted octanol–water partition coefficient (Wildman–Crippen LogP) is 0.161. The monoisotopic (exact) mass is 408 g/mol. The van der Waals surface area contributed by atoms with Crippen LogP contribution in [0, 0.1) is 0 Å². The second-order valence-electron chi connectivity index (χ2n) is 7.73. The van der Waals surface area contributed by atoms with Crippen molar-refractivity contribution in [2.24, 2.45) is 5.73 Å². The van der Waals surface area contributed by atoms with Crippen LogP contribution in [0.1, 0.15) is 30.4 Å². The Morgan fingerprint density at radius 2 is 1.93 bits per heavy atom. The fraction of sp³-hybridized carbons (Fsp3) is 0.579. The van der Waals surface area contributed by atoms with Crippen LogP contribution in [0.5, 0.6) is 0 Å². The minimum Gasteiger partial charge on any atom is -0.370 e. The molecule has 0 aliphatic carbocycles. The summed E-state index contributed by atoms with van der Waals surface area (Å²) in [5.41, 5.74) is 7.03. The van der Waals surface area contributed by atoms with Crippen LogP contribution < -0.4 is 5.73 Å². The Hall–Kier alpha value is -1.97. The van der Waals surface area contributed by atoms with E-state index in [1.54, 1.807) is 17.0 Å². The topological polar surface area (TPSA) is 104 Å². The van der Waals surface area contributed by atoms with E-state index in [0.29, 0.717) is 32.6 Å². The molecule has 0 saturated carbocycles. The molecule has 0 spiro atoms. The van der Waals surface area contributed by atoms with E-state index < -0.39 is 15.9 Å². The van der Waals surface area contributed by atoms with Gasteiger partial charge in [0.2, 0.25) is 21.8 Å². The highest BCUT2D eigenvalue weighted by molar-refractivity contribution is 7.89. The lowest BCUT2D eigenvalue weighted by atomic mass is 9.99. The molecule has 1 aromatic carbocycles. The molecule has 2 heterocycles. The maximum absolute atomic E-state index is 13.1. The van der Waals surface area contributed by atoms with Gasteiger partial charge in [0.15, 0.2) is 0 Å². The normalized spacial score (nSPS) is 20.4. The molecule has 1 saturated heterocycles. The van der Waals surface area contributed by atoms with E-state index in [9.17, 15) is 18.0 Å². The van der Waals surface area contributed by atoms with E-state index in [2.05, 4.69) is 4.90 Å². The molecule has 8 nitrogen and oxygen atoms in total. The first-order valence-electron chi connectivity index (χ1n) is 9.53. The van der Waals surface area contributed by atoms with Crippen LogP contribution in [-0.2, 0) is 32.6 Å². The average molecular weight is 409 g/mol. The lowest BCUT2D eigenvalue weighted by Crippen LogP contribution is -2.37. The van der Waals surface area contributed by atoms with E-state index in [-0.39, 0.29) is 29.7 Å². The molecule has 0 bridgehead atoms. The fourth-order valence-corrected chi connectivity index (χ4v) is 5.34. The molecule has 2 amide bonds. The van der Waals surface area contributed by atoms with Crippen molar-refractivity contribution in [3.8, 4) is 0 Å². The van der Waals surface area contributed by atoms with Gasteiger partial charge in [-0.25, -0.2) is 8.42 Å². The zero-order valence-corrected chi connectivity index (χ0v) is 17.2. The summed E-state index contributed by atoms with van der Waals surface area (Å²) in [5, 5.41) is 0. The summed E-state index contributed by atoms with van der Waals surface area (Å²) < 4.78 is 27.7. The third kappa shape index (κ3) is 4.37. The van der Waals surface area contributed by atoms with E-state index in [0.717, 1.165) is 17.5 Å². The number of amides is 2. The molecule has 1 aromatic rings. The summed E-state index contributed by atoms with van der Waals surface area (Å²) in [4.78, 5) is 27.2. The Balaban J connectivity index is 1.75. The molecule has 9 heteroatoms.